The van der Waals surface area contributed by atoms with Crippen molar-refractivity contribution >= 4 is 54.8 Å². The molecule has 6 nitrogen and oxygen atoms in total. The minimum atomic E-state index is 0.300. The van der Waals surface area contributed by atoms with Gasteiger partial charge in [-0.2, -0.15) is 15.8 Å². The van der Waals surface area contributed by atoms with E-state index in [0.29, 0.717) is 23.2 Å². The van der Waals surface area contributed by atoms with Crippen LogP contribution in [0.1, 0.15) is 34.7 Å². The zero-order valence-electron chi connectivity index (χ0n) is 27.8. The number of hydrogen-bond donors (Lipinski definition) is 1. The van der Waals surface area contributed by atoms with Gasteiger partial charge in [0.1, 0.15) is 6.07 Å². The summed E-state index contributed by atoms with van der Waals surface area (Å²) >= 11 is 0. The van der Waals surface area contributed by atoms with E-state index in [-0.39, 0.29) is 0 Å². The van der Waals surface area contributed by atoms with Crippen LogP contribution in [0.3, 0.4) is 0 Å². The zero-order valence-corrected chi connectivity index (χ0v) is 27.8. The fourth-order valence-electron chi connectivity index (χ4n) is 7.44. The molecule has 0 unspecified atom stereocenters. The van der Waals surface area contributed by atoms with E-state index in [1.807, 2.05) is 110 Å². The van der Waals surface area contributed by atoms with Crippen molar-refractivity contribution in [1.82, 2.24) is 9.13 Å². The van der Waals surface area contributed by atoms with E-state index in [2.05, 4.69) is 63.7 Å². The van der Waals surface area contributed by atoms with Gasteiger partial charge in [-0.1, -0.05) is 78.9 Å². The lowest BCUT2D eigenvalue weighted by Gasteiger charge is -2.20. The Bertz CT molecular complexity index is 2890. The Morgan fingerprint density at radius 3 is 1.88 bits per heavy atom. The van der Waals surface area contributed by atoms with Crippen LogP contribution >= 0.6 is 0 Å². The average Bonchev–Trinajstić information content (AvgIpc) is 3.69. The molecule has 2 N–H and O–H groups in total. The van der Waals surface area contributed by atoms with Crippen LogP contribution in [0.15, 0.2) is 140 Å². The molecule has 0 spiro atoms. The number of nitrogens with two attached hydrogens (primary N) is 1. The summed E-state index contributed by atoms with van der Waals surface area (Å²) in [5.41, 5.74) is 17.3. The maximum atomic E-state index is 10.6. The van der Waals surface area contributed by atoms with Gasteiger partial charge in [-0.25, -0.2) is 0 Å². The number of hydrogen-bond acceptors (Lipinski definition) is 4. The Labute approximate surface area is 295 Å². The van der Waals surface area contributed by atoms with E-state index < -0.39 is 0 Å². The van der Waals surface area contributed by atoms with Gasteiger partial charge >= 0.3 is 0 Å². The van der Waals surface area contributed by atoms with Gasteiger partial charge in [-0.3, -0.25) is 0 Å². The molecule has 6 heteroatoms. The first-order chi connectivity index (χ1) is 25.1. The van der Waals surface area contributed by atoms with Crippen LogP contribution in [0.5, 0.6) is 0 Å². The highest BCUT2D eigenvalue weighted by Crippen LogP contribution is 2.40. The number of fused-ring (bicyclic) bond motifs is 6. The first-order valence-electron chi connectivity index (χ1n) is 16.7. The summed E-state index contributed by atoms with van der Waals surface area (Å²) in [6.45, 7) is 2.32. The topological polar surface area (TPSA) is 107 Å². The second kappa shape index (κ2) is 12.7. The third-order valence-corrected chi connectivity index (χ3v) is 9.61. The summed E-state index contributed by atoms with van der Waals surface area (Å²) in [5.74, 6) is 0. The Morgan fingerprint density at radius 1 is 0.569 bits per heavy atom. The number of nitriles is 3. The molecular weight excluding hydrogens is 625 g/mol. The third-order valence-electron chi connectivity index (χ3n) is 9.61. The predicted molar refractivity (Wildman–Crippen MR) is 206 cm³/mol. The smallest absolute Gasteiger partial charge is 0.101 e. The summed E-state index contributed by atoms with van der Waals surface area (Å²) in [5, 5.41) is 34.2. The van der Waals surface area contributed by atoms with Crippen LogP contribution in [0.4, 0.5) is 0 Å². The fourth-order valence-corrected chi connectivity index (χ4v) is 7.44. The lowest BCUT2D eigenvalue weighted by atomic mass is 9.89. The minimum Gasteiger partial charge on any atom is -0.327 e. The van der Waals surface area contributed by atoms with Gasteiger partial charge in [0.05, 0.1) is 62.3 Å². The summed E-state index contributed by atoms with van der Waals surface area (Å²) in [7, 11) is 0. The van der Waals surface area contributed by atoms with Gasteiger partial charge in [0.2, 0.25) is 0 Å². The molecule has 2 heterocycles. The van der Waals surface area contributed by atoms with E-state index in [9.17, 15) is 15.8 Å². The molecule has 240 valence electrons. The van der Waals surface area contributed by atoms with E-state index in [4.69, 9.17) is 5.73 Å². The van der Waals surface area contributed by atoms with Crippen LogP contribution in [-0.4, -0.2) is 15.7 Å². The van der Waals surface area contributed by atoms with Gasteiger partial charge in [-0.15, -0.1) is 0 Å². The molecular formula is C45H30N6. The SMILES string of the molecule is C/C=C(\C(=C/CN)c1ccc(-n2c3ccccc3c3ccc(C#N)cc32)c(C#N)c1)c1ccccc1-n1c2ccccc2c2cc(C#N)ccc21. The molecule has 0 bridgehead atoms. The number of rotatable bonds is 6. The van der Waals surface area contributed by atoms with Crippen molar-refractivity contribution < 1.29 is 0 Å². The van der Waals surface area contributed by atoms with Crippen LogP contribution < -0.4 is 5.73 Å². The van der Waals surface area contributed by atoms with Crippen molar-refractivity contribution in [2.75, 3.05) is 6.54 Å². The maximum Gasteiger partial charge on any atom is 0.101 e. The first kappa shape index (κ1) is 31.1. The van der Waals surface area contributed by atoms with Gasteiger partial charge in [0.15, 0.2) is 0 Å². The second-order valence-electron chi connectivity index (χ2n) is 12.3. The standard InChI is InChI=1S/C45H30N6/c1-2-33(35-9-3-6-12-41(35)51-43-14-8-5-11-37(43)39-23-29(26-47)16-19-44(39)51)34(21-22-46)31-17-20-40(32(25-31)28-49)50-42-13-7-4-10-36(42)38-18-15-30(27-48)24-45(38)50/h2-21,23-25H,22,46H2,1H3/b33-2+,34-21-. The number of allylic oxidation sites excluding steroid dienone is 3. The molecule has 8 rings (SSSR count). The lowest BCUT2D eigenvalue weighted by molar-refractivity contribution is 1.16. The van der Waals surface area contributed by atoms with Crippen molar-refractivity contribution in [3.05, 3.63) is 167 Å². The van der Waals surface area contributed by atoms with E-state index in [0.717, 1.165) is 77.3 Å². The molecule has 0 atom stereocenters. The Hall–Kier alpha value is -7.17. The number of para-hydroxylation sites is 3. The van der Waals surface area contributed by atoms with Crippen molar-refractivity contribution in [1.29, 1.82) is 15.8 Å². The highest BCUT2D eigenvalue weighted by Gasteiger charge is 2.21. The number of nitrogens with zero attached hydrogens (tertiary/aromatic N) is 5. The van der Waals surface area contributed by atoms with Crippen LogP contribution in [-0.2, 0) is 0 Å². The molecule has 0 radical (unpaired) electrons. The normalized spacial score (nSPS) is 12.0. The predicted octanol–water partition coefficient (Wildman–Crippen LogP) is 9.94. The average molecular weight is 655 g/mol. The van der Waals surface area contributed by atoms with Crippen molar-refractivity contribution in [2.45, 2.75) is 6.92 Å². The molecule has 0 amide bonds. The molecule has 0 saturated heterocycles. The Balaban J connectivity index is 1.31. The van der Waals surface area contributed by atoms with Gasteiger partial charge in [0, 0.05) is 33.7 Å². The summed E-state index contributed by atoms with van der Waals surface area (Å²) in [4.78, 5) is 0. The molecule has 0 aliphatic rings. The van der Waals surface area contributed by atoms with Crippen LogP contribution in [0.25, 0.3) is 66.1 Å². The molecule has 0 aliphatic carbocycles. The van der Waals surface area contributed by atoms with Gasteiger partial charge in [0.25, 0.3) is 0 Å². The lowest BCUT2D eigenvalue weighted by Crippen LogP contribution is -2.04. The van der Waals surface area contributed by atoms with Crippen LogP contribution in [0.2, 0.25) is 0 Å². The second-order valence-corrected chi connectivity index (χ2v) is 12.3. The monoisotopic (exact) mass is 654 g/mol. The summed E-state index contributed by atoms with van der Waals surface area (Å²) < 4.78 is 4.33. The molecule has 0 fully saturated rings. The maximum absolute atomic E-state index is 10.6. The molecule has 51 heavy (non-hydrogen) atoms. The van der Waals surface area contributed by atoms with Gasteiger partial charge in [-0.05, 0) is 84.3 Å². The van der Waals surface area contributed by atoms with Crippen molar-refractivity contribution in [3.8, 4) is 29.6 Å². The van der Waals surface area contributed by atoms with E-state index in [1.165, 1.54) is 0 Å². The largest absolute Gasteiger partial charge is 0.327 e. The van der Waals surface area contributed by atoms with Crippen LogP contribution in [0, 0.1) is 34.0 Å². The van der Waals surface area contributed by atoms with E-state index in [1.54, 1.807) is 0 Å². The quantitative estimate of drug-likeness (QED) is 0.180. The van der Waals surface area contributed by atoms with Crippen molar-refractivity contribution in [2.24, 2.45) is 5.73 Å². The molecule has 0 aliphatic heterocycles. The Morgan fingerprint density at radius 2 is 1.18 bits per heavy atom. The molecule has 0 saturated carbocycles. The number of benzene rings is 6. The third kappa shape index (κ3) is 4.97. The van der Waals surface area contributed by atoms with Gasteiger partial charge < -0.3 is 14.9 Å². The molecule has 2 aromatic heterocycles. The number of aromatic nitrogens is 2. The fraction of sp³-hybridized carbons (Fsp3) is 0.0444. The van der Waals surface area contributed by atoms with Crippen molar-refractivity contribution in [3.63, 3.8) is 0 Å². The summed E-state index contributed by atoms with van der Waals surface area (Å²) in [6, 6.07) is 49.2. The first-order valence-corrected chi connectivity index (χ1v) is 16.7. The summed E-state index contributed by atoms with van der Waals surface area (Å²) in [6.07, 6.45) is 4.10. The zero-order chi connectivity index (χ0) is 35.1. The Kier molecular flexibility index (Phi) is 7.75. The minimum absolute atomic E-state index is 0.300. The molecule has 8 aromatic rings. The van der Waals surface area contributed by atoms with E-state index >= 15 is 0 Å². The molecule has 6 aromatic carbocycles. The highest BCUT2D eigenvalue weighted by atomic mass is 15.0. The highest BCUT2D eigenvalue weighted by molar-refractivity contribution is 6.12.